The molecule has 0 amide bonds. The van der Waals surface area contributed by atoms with Crippen molar-refractivity contribution in [2.45, 2.75) is 27.3 Å². The van der Waals surface area contributed by atoms with Crippen LogP contribution in [0.2, 0.25) is 0 Å². The summed E-state index contributed by atoms with van der Waals surface area (Å²) in [4.78, 5) is 0. The average Bonchev–Trinajstić information content (AvgIpc) is 3.22. The second kappa shape index (κ2) is 8.16. The molecule has 30 heavy (non-hydrogen) atoms. The smallest absolute Gasteiger partial charge is 0.216 e. The van der Waals surface area contributed by atoms with Gasteiger partial charge in [-0.1, -0.05) is 29.8 Å². The van der Waals surface area contributed by atoms with E-state index in [4.69, 9.17) is 12.2 Å². The monoisotopic (exact) mass is 420 g/mol. The third kappa shape index (κ3) is 3.99. The molecule has 2 aromatic heterocycles. The van der Waals surface area contributed by atoms with E-state index >= 15 is 0 Å². The maximum absolute atomic E-state index is 13.3. The molecule has 0 radical (unpaired) electrons. The standard InChI is InChI=1S/C22H21FN6S/c1-14-4-6-17(7-5-14)13-28-16(3)20(15(2)27-28)12-24-29-21(25-26-22(29)30)18-8-10-19(23)11-9-18/h4-12H,13H2,1-3H3,(H,26,30)/b24-12-. The van der Waals surface area contributed by atoms with E-state index in [-0.39, 0.29) is 5.82 Å². The van der Waals surface area contributed by atoms with Gasteiger partial charge in [-0.25, -0.2) is 9.49 Å². The Bertz CT molecular complexity index is 1260. The van der Waals surface area contributed by atoms with Crippen molar-refractivity contribution in [1.29, 1.82) is 0 Å². The van der Waals surface area contributed by atoms with Gasteiger partial charge in [-0.2, -0.15) is 20.0 Å². The van der Waals surface area contributed by atoms with Crippen LogP contribution < -0.4 is 0 Å². The van der Waals surface area contributed by atoms with Gasteiger partial charge in [-0.3, -0.25) is 4.68 Å². The average molecular weight is 421 g/mol. The number of aryl methyl sites for hydroxylation is 2. The van der Waals surface area contributed by atoms with Crippen molar-refractivity contribution in [2.24, 2.45) is 5.10 Å². The molecule has 0 aliphatic rings. The number of aromatic amines is 1. The molecule has 1 N–H and O–H groups in total. The molecule has 0 aliphatic carbocycles. The Kier molecular flexibility index (Phi) is 5.41. The minimum absolute atomic E-state index is 0.310. The van der Waals surface area contributed by atoms with Crippen LogP contribution >= 0.6 is 12.2 Å². The Hall–Kier alpha value is -3.39. The number of hydrogen-bond donors (Lipinski definition) is 1. The first-order valence-electron chi connectivity index (χ1n) is 9.49. The van der Waals surface area contributed by atoms with Crippen molar-refractivity contribution in [1.82, 2.24) is 24.7 Å². The number of halogens is 1. The second-order valence-corrected chi connectivity index (χ2v) is 7.53. The number of rotatable bonds is 5. The third-order valence-corrected chi connectivity index (χ3v) is 5.21. The lowest BCUT2D eigenvalue weighted by atomic mass is 10.1. The summed E-state index contributed by atoms with van der Waals surface area (Å²) >= 11 is 5.32. The zero-order valence-corrected chi connectivity index (χ0v) is 17.7. The van der Waals surface area contributed by atoms with Crippen LogP contribution in [0.5, 0.6) is 0 Å². The van der Waals surface area contributed by atoms with Crippen molar-refractivity contribution < 1.29 is 4.39 Å². The van der Waals surface area contributed by atoms with Crippen LogP contribution in [-0.2, 0) is 6.54 Å². The summed E-state index contributed by atoms with van der Waals surface area (Å²) in [6, 6.07) is 14.5. The SMILES string of the molecule is Cc1ccc(Cn2nc(C)c(/C=N\n3c(-c4ccc(F)cc4)n[nH]c3=S)c2C)cc1. The van der Waals surface area contributed by atoms with Gasteiger partial charge in [0, 0.05) is 16.8 Å². The maximum atomic E-state index is 13.3. The first-order valence-corrected chi connectivity index (χ1v) is 9.90. The molecule has 0 bridgehead atoms. The largest absolute Gasteiger partial charge is 0.265 e. The number of hydrogen-bond acceptors (Lipinski definition) is 4. The predicted octanol–water partition coefficient (Wildman–Crippen LogP) is 4.80. The summed E-state index contributed by atoms with van der Waals surface area (Å²) in [7, 11) is 0. The zero-order valence-electron chi connectivity index (χ0n) is 16.9. The summed E-state index contributed by atoms with van der Waals surface area (Å²) < 4.78 is 17.1. The fourth-order valence-electron chi connectivity index (χ4n) is 3.22. The normalized spacial score (nSPS) is 11.5. The zero-order chi connectivity index (χ0) is 21.3. The van der Waals surface area contributed by atoms with E-state index in [1.807, 2.05) is 18.5 Å². The molecular weight excluding hydrogens is 399 g/mol. The molecule has 2 heterocycles. The van der Waals surface area contributed by atoms with E-state index in [9.17, 15) is 4.39 Å². The van der Waals surface area contributed by atoms with Crippen LogP contribution in [-0.4, -0.2) is 30.9 Å². The molecular formula is C22H21FN6S. The van der Waals surface area contributed by atoms with Gasteiger partial charge in [0.25, 0.3) is 0 Å². The molecule has 6 nitrogen and oxygen atoms in total. The Balaban J connectivity index is 1.65. The Morgan fingerprint density at radius 3 is 2.47 bits per heavy atom. The van der Waals surface area contributed by atoms with Gasteiger partial charge in [0.2, 0.25) is 4.77 Å². The van der Waals surface area contributed by atoms with Crippen LogP contribution in [0.25, 0.3) is 11.4 Å². The molecule has 4 aromatic rings. The lowest BCUT2D eigenvalue weighted by Crippen LogP contribution is -2.04. The molecule has 8 heteroatoms. The number of aromatic nitrogens is 5. The quantitative estimate of drug-likeness (QED) is 0.373. The number of nitrogens with one attached hydrogen (secondary N) is 1. The summed E-state index contributed by atoms with van der Waals surface area (Å²) in [5.74, 6) is 0.203. The minimum Gasteiger partial charge on any atom is -0.265 e. The highest BCUT2D eigenvalue weighted by Gasteiger charge is 2.12. The van der Waals surface area contributed by atoms with Crippen LogP contribution in [0, 0.1) is 31.4 Å². The summed E-state index contributed by atoms with van der Waals surface area (Å²) in [5.41, 5.74) is 5.94. The fourth-order valence-corrected chi connectivity index (χ4v) is 3.40. The second-order valence-electron chi connectivity index (χ2n) is 7.14. The minimum atomic E-state index is -0.310. The number of nitrogens with zero attached hydrogens (tertiary/aromatic N) is 5. The molecule has 0 aliphatic heterocycles. The maximum Gasteiger partial charge on any atom is 0.216 e. The fraction of sp³-hybridized carbons (Fsp3) is 0.182. The summed E-state index contributed by atoms with van der Waals surface area (Å²) in [5, 5.41) is 16.2. The molecule has 152 valence electrons. The van der Waals surface area contributed by atoms with E-state index < -0.39 is 0 Å². The molecule has 0 atom stereocenters. The Labute approximate surface area is 178 Å². The van der Waals surface area contributed by atoms with Gasteiger partial charge in [0.15, 0.2) is 5.82 Å². The van der Waals surface area contributed by atoms with Crippen molar-refractivity contribution in [3.63, 3.8) is 0 Å². The lowest BCUT2D eigenvalue weighted by Gasteiger charge is -2.05. The highest BCUT2D eigenvalue weighted by Crippen LogP contribution is 2.18. The van der Waals surface area contributed by atoms with Crippen LogP contribution in [0.1, 0.15) is 28.1 Å². The van der Waals surface area contributed by atoms with Crippen LogP contribution in [0.3, 0.4) is 0 Å². The third-order valence-electron chi connectivity index (χ3n) is 4.95. The Morgan fingerprint density at radius 2 is 1.77 bits per heavy atom. The van der Waals surface area contributed by atoms with E-state index in [0.717, 1.165) is 17.0 Å². The number of benzene rings is 2. The van der Waals surface area contributed by atoms with Crippen molar-refractivity contribution >= 4 is 18.4 Å². The van der Waals surface area contributed by atoms with E-state index in [2.05, 4.69) is 51.6 Å². The highest BCUT2D eigenvalue weighted by atomic mass is 32.1. The predicted molar refractivity (Wildman–Crippen MR) is 118 cm³/mol. The lowest BCUT2D eigenvalue weighted by molar-refractivity contribution is 0.628. The molecule has 0 saturated carbocycles. The van der Waals surface area contributed by atoms with Gasteiger partial charge in [-0.15, -0.1) is 0 Å². The van der Waals surface area contributed by atoms with Gasteiger partial charge >= 0.3 is 0 Å². The van der Waals surface area contributed by atoms with E-state index in [1.165, 1.54) is 27.9 Å². The van der Waals surface area contributed by atoms with Gasteiger partial charge < -0.3 is 0 Å². The van der Waals surface area contributed by atoms with Crippen molar-refractivity contribution in [2.75, 3.05) is 0 Å². The molecule has 4 rings (SSSR count). The van der Waals surface area contributed by atoms with Crippen LogP contribution in [0.4, 0.5) is 4.39 Å². The van der Waals surface area contributed by atoms with Crippen LogP contribution in [0.15, 0.2) is 53.6 Å². The van der Waals surface area contributed by atoms with E-state index in [0.29, 0.717) is 22.7 Å². The van der Waals surface area contributed by atoms with E-state index in [1.54, 1.807) is 18.3 Å². The number of H-pyrrole nitrogens is 1. The van der Waals surface area contributed by atoms with Gasteiger partial charge in [-0.05, 0) is 62.8 Å². The summed E-state index contributed by atoms with van der Waals surface area (Å²) in [6.45, 7) is 6.73. The highest BCUT2D eigenvalue weighted by molar-refractivity contribution is 7.71. The van der Waals surface area contributed by atoms with Crippen molar-refractivity contribution in [3.8, 4) is 11.4 Å². The molecule has 0 fully saturated rings. The first kappa shape index (κ1) is 19.9. The summed E-state index contributed by atoms with van der Waals surface area (Å²) in [6.07, 6.45) is 1.74. The molecule has 2 aromatic carbocycles. The first-order chi connectivity index (χ1) is 14.4. The molecule has 0 saturated heterocycles. The van der Waals surface area contributed by atoms with Gasteiger partial charge in [0.1, 0.15) is 5.82 Å². The van der Waals surface area contributed by atoms with Gasteiger partial charge in [0.05, 0.1) is 18.5 Å². The molecule has 0 unspecified atom stereocenters. The molecule has 0 spiro atoms. The van der Waals surface area contributed by atoms with Crippen molar-refractivity contribution in [3.05, 3.63) is 87.2 Å². The topological polar surface area (TPSA) is 63.8 Å². The Morgan fingerprint density at radius 1 is 1.07 bits per heavy atom.